The first-order chi connectivity index (χ1) is 8.72. The Hall–Kier alpha value is -2.21. The van der Waals surface area contributed by atoms with Gasteiger partial charge in [0.2, 0.25) is 12.3 Å². The van der Waals surface area contributed by atoms with Gasteiger partial charge in [-0.15, -0.1) is 21.5 Å². The second kappa shape index (κ2) is 4.23. The topological polar surface area (TPSA) is 76.2 Å². The highest BCUT2D eigenvalue weighted by Gasteiger charge is 2.09. The largest absolute Gasteiger partial charge is 0.477 e. The van der Waals surface area contributed by atoms with Crippen LogP contribution in [0, 0.1) is 0 Å². The number of rotatable bonds is 3. The zero-order valence-electron chi connectivity index (χ0n) is 9.16. The number of carboxylic acid groups (broad SMARTS) is 1. The Labute approximate surface area is 106 Å². The Morgan fingerprint density at radius 3 is 3.00 bits per heavy atom. The van der Waals surface area contributed by atoms with Crippen LogP contribution in [0.15, 0.2) is 35.1 Å². The van der Waals surface area contributed by atoms with E-state index in [9.17, 15) is 4.79 Å². The zero-order valence-corrected chi connectivity index (χ0v) is 9.98. The summed E-state index contributed by atoms with van der Waals surface area (Å²) in [6, 6.07) is 7.48. The van der Waals surface area contributed by atoms with Gasteiger partial charge in [0.05, 0.1) is 6.42 Å². The number of nitrogens with zero attached hydrogens (tertiary/aromatic N) is 2. The average Bonchev–Trinajstić information content (AvgIpc) is 2.96. The molecule has 1 aromatic carbocycles. The van der Waals surface area contributed by atoms with Gasteiger partial charge >= 0.3 is 5.97 Å². The van der Waals surface area contributed by atoms with E-state index in [2.05, 4.69) is 10.2 Å². The normalized spacial score (nSPS) is 10.9. The lowest BCUT2D eigenvalue weighted by Crippen LogP contribution is -1.89. The third-order valence-electron chi connectivity index (χ3n) is 2.56. The Morgan fingerprint density at radius 2 is 2.28 bits per heavy atom. The molecule has 0 radical (unpaired) electrons. The predicted octanol–water partition coefficient (Wildman–Crippen LogP) is 2.57. The van der Waals surface area contributed by atoms with E-state index in [1.807, 2.05) is 18.2 Å². The van der Waals surface area contributed by atoms with Crippen molar-refractivity contribution in [3.63, 3.8) is 0 Å². The van der Waals surface area contributed by atoms with E-state index in [1.165, 1.54) is 17.7 Å². The Morgan fingerprint density at radius 1 is 1.39 bits per heavy atom. The van der Waals surface area contributed by atoms with E-state index >= 15 is 0 Å². The van der Waals surface area contributed by atoms with Crippen LogP contribution in [0.4, 0.5) is 0 Å². The van der Waals surface area contributed by atoms with Crippen LogP contribution in [0.25, 0.3) is 10.1 Å². The molecule has 0 saturated carbocycles. The molecule has 18 heavy (non-hydrogen) atoms. The average molecular weight is 260 g/mol. The van der Waals surface area contributed by atoms with Crippen LogP contribution < -0.4 is 0 Å². The maximum absolute atomic E-state index is 10.9. The van der Waals surface area contributed by atoms with Gasteiger partial charge in [-0.3, -0.25) is 0 Å². The van der Waals surface area contributed by atoms with Gasteiger partial charge < -0.3 is 9.52 Å². The van der Waals surface area contributed by atoms with E-state index in [4.69, 9.17) is 9.52 Å². The first kappa shape index (κ1) is 10.9. The molecule has 0 spiro atoms. The summed E-state index contributed by atoms with van der Waals surface area (Å²) < 4.78 is 6.03. The summed E-state index contributed by atoms with van der Waals surface area (Å²) in [5.74, 6) is -0.348. The summed E-state index contributed by atoms with van der Waals surface area (Å²) in [7, 11) is 0. The first-order valence-electron chi connectivity index (χ1n) is 5.23. The lowest BCUT2D eigenvalue weighted by Gasteiger charge is -1.96. The first-order valence-corrected chi connectivity index (χ1v) is 6.05. The van der Waals surface area contributed by atoms with Crippen molar-refractivity contribution < 1.29 is 14.3 Å². The maximum Gasteiger partial charge on any atom is 0.345 e. The fourth-order valence-electron chi connectivity index (χ4n) is 1.74. The number of hydrogen-bond acceptors (Lipinski definition) is 5. The van der Waals surface area contributed by atoms with Crippen LogP contribution in [0.5, 0.6) is 0 Å². The summed E-state index contributed by atoms with van der Waals surface area (Å²) >= 11 is 1.27. The van der Waals surface area contributed by atoms with E-state index in [-0.39, 0.29) is 0 Å². The van der Waals surface area contributed by atoms with Crippen LogP contribution in [0.1, 0.15) is 21.1 Å². The Balaban J connectivity index is 1.97. The van der Waals surface area contributed by atoms with Crippen LogP contribution >= 0.6 is 11.3 Å². The van der Waals surface area contributed by atoms with E-state index in [0.717, 1.165) is 15.6 Å². The highest BCUT2D eigenvalue weighted by molar-refractivity contribution is 7.20. The molecule has 3 aromatic rings. The molecular weight excluding hydrogens is 252 g/mol. The van der Waals surface area contributed by atoms with Crippen LogP contribution in [0.3, 0.4) is 0 Å². The number of aromatic nitrogens is 2. The molecule has 0 aliphatic heterocycles. The monoisotopic (exact) mass is 260 g/mol. The van der Waals surface area contributed by atoms with Crippen LogP contribution in [-0.2, 0) is 6.42 Å². The van der Waals surface area contributed by atoms with Gasteiger partial charge in [0, 0.05) is 4.70 Å². The molecule has 1 N–H and O–H groups in total. The number of fused-ring (bicyclic) bond motifs is 1. The third kappa shape index (κ3) is 1.98. The fourth-order valence-corrected chi connectivity index (χ4v) is 2.70. The molecule has 0 unspecified atom stereocenters. The van der Waals surface area contributed by atoms with Gasteiger partial charge in [-0.1, -0.05) is 12.1 Å². The molecule has 0 amide bonds. The molecular formula is C12H8N2O3S. The maximum atomic E-state index is 10.9. The van der Waals surface area contributed by atoms with Crippen molar-refractivity contribution in [3.05, 3.63) is 47.0 Å². The fraction of sp³-hybridized carbons (Fsp3) is 0.0833. The van der Waals surface area contributed by atoms with Gasteiger partial charge in [0.25, 0.3) is 0 Å². The van der Waals surface area contributed by atoms with Crippen molar-refractivity contribution in [3.8, 4) is 0 Å². The number of benzene rings is 1. The van der Waals surface area contributed by atoms with Crippen molar-refractivity contribution in [1.82, 2.24) is 10.2 Å². The Kier molecular flexibility index (Phi) is 2.56. The minimum atomic E-state index is -0.894. The number of hydrogen-bond donors (Lipinski definition) is 1. The summed E-state index contributed by atoms with van der Waals surface area (Å²) in [4.78, 5) is 11.2. The van der Waals surface area contributed by atoms with Crippen molar-refractivity contribution in [2.24, 2.45) is 0 Å². The van der Waals surface area contributed by atoms with Gasteiger partial charge in [-0.2, -0.15) is 0 Å². The van der Waals surface area contributed by atoms with E-state index in [0.29, 0.717) is 17.2 Å². The molecule has 0 atom stereocenters. The SMILES string of the molecule is O=C(O)c1cc2ccc(Cc3nnco3)cc2s1. The van der Waals surface area contributed by atoms with Gasteiger partial charge in [0.1, 0.15) is 4.88 Å². The summed E-state index contributed by atoms with van der Waals surface area (Å²) in [5, 5.41) is 17.3. The summed E-state index contributed by atoms with van der Waals surface area (Å²) in [6.45, 7) is 0. The number of carbonyl (C=O) groups is 1. The van der Waals surface area contributed by atoms with Crippen LogP contribution in [0.2, 0.25) is 0 Å². The highest BCUT2D eigenvalue weighted by atomic mass is 32.1. The molecule has 5 nitrogen and oxygen atoms in total. The van der Waals surface area contributed by atoms with Crippen LogP contribution in [-0.4, -0.2) is 21.3 Å². The highest BCUT2D eigenvalue weighted by Crippen LogP contribution is 2.27. The van der Waals surface area contributed by atoms with Gasteiger partial charge in [-0.25, -0.2) is 4.79 Å². The van der Waals surface area contributed by atoms with Crippen molar-refractivity contribution in [2.75, 3.05) is 0 Å². The molecule has 2 aromatic heterocycles. The molecule has 90 valence electrons. The van der Waals surface area contributed by atoms with Crippen molar-refractivity contribution in [2.45, 2.75) is 6.42 Å². The lowest BCUT2D eigenvalue weighted by molar-refractivity contribution is 0.0702. The lowest BCUT2D eigenvalue weighted by atomic mass is 10.1. The standard InChI is InChI=1S/C12H8N2O3S/c15-12(16)10-5-8-2-1-7(3-9(8)18-10)4-11-14-13-6-17-11/h1-3,5-6H,4H2,(H,15,16). The van der Waals surface area contributed by atoms with Crippen molar-refractivity contribution >= 4 is 27.4 Å². The van der Waals surface area contributed by atoms with Gasteiger partial charge in [0.15, 0.2) is 0 Å². The number of thiophene rings is 1. The third-order valence-corrected chi connectivity index (χ3v) is 3.64. The number of aromatic carboxylic acids is 1. The Bertz CT molecular complexity index is 703. The number of carboxylic acids is 1. The zero-order chi connectivity index (χ0) is 12.5. The summed E-state index contributed by atoms with van der Waals surface area (Å²) in [6.07, 6.45) is 1.85. The molecule has 2 heterocycles. The van der Waals surface area contributed by atoms with E-state index < -0.39 is 5.97 Å². The summed E-state index contributed by atoms with van der Waals surface area (Å²) in [5.41, 5.74) is 1.02. The quantitative estimate of drug-likeness (QED) is 0.783. The molecule has 0 bridgehead atoms. The minimum absolute atomic E-state index is 0.347. The smallest absolute Gasteiger partial charge is 0.345 e. The van der Waals surface area contributed by atoms with Gasteiger partial charge in [-0.05, 0) is 23.1 Å². The molecule has 0 aliphatic rings. The molecule has 0 saturated heterocycles. The minimum Gasteiger partial charge on any atom is -0.477 e. The second-order valence-corrected chi connectivity index (χ2v) is 4.88. The van der Waals surface area contributed by atoms with E-state index in [1.54, 1.807) is 6.07 Å². The van der Waals surface area contributed by atoms with Crippen molar-refractivity contribution in [1.29, 1.82) is 0 Å². The molecule has 0 aliphatic carbocycles. The molecule has 3 rings (SSSR count). The second-order valence-electron chi connectivity index (χ2n) is 3.80. The molecule has 6 heteroatoms. The molecule has 0 fully saturated rings. The predicted molar refractivity (Wildman–Crippen MR) is 65.9 cm³/mol.